The molecule has 1 aromatic rings. The minimum atomic E-state index is -1.25. The zero-order valence-electron chi connectivity index (χ0n) is 11.4. The van der Waals surface area contributed by atoms with Gasteiger partial charge in [-0.1, -0.05) is 0 Å². The number of nitrogens with zero attached hydrogens (tertiary/aromatic N) is 2. The first-order valence-corrected chi connectivity index (χ1v) is 6.55. The quantitative estimate of drug-likeness (QED) is 0.432. The van der Waals surface area contributed by atoms with Crippen molar-refractivity contribution in [3.8, 4) is 5.75 Å². The lowest BCUT2D eigenvalue weighted by molar-refractivity contribution is -0.385. The zero-order chi connectivity index (χ0) is 16.9. The number of phenols is 1. The predicted octanol–water partition coefficient (Wildman–Crippen LogP) is -0.298. The highest BCUT2D eigenvalue weighted by Gasteiger charge is 2.49. The molecular formula is C13H9N3O7. The highest BCUT2D eigenvalue weighted by Crippen LogP contribution is 2.38. The summed E-state index contributed by atoms with van der Waals surface area (Å²) in [6.45, 7) is 0. The molecule has 2 N–H and O–H groups in total. The Balaban J connectivity index is 2.09. The lowest BCUT2D eigenvalue weighted by Gasteiger charge is -2.27. The van der Waals surface area contributed by atoms with Crippen molar-refractivity contribution in [2.24, 2.45) is 0 Å². The number of benzene rings is 1. The van der Waals surface area contributed by atoms with Gasteiger partial charge in [0.25, 0.3) is 17.5 Å². The van der Waals surface area contributed by atoms with Gasteiger partial charge in [0.2, 0.25) is 11.8 Å². The second-order valence-electron chi connectivity index (χ2n) is 5.06. The molecule has 10 nitrogen and oxygen atoms in total. The fourth-order valence-electron chi connectivity index (χ4n) is 2.71. The Bertz CT molecular complexity index is 801. The van der Waals surface area contributed by atoms with Crippen LogP contribution in [0.3, 0.4) is 0 Å². The number of imide groups is 2. The van der Waals surface area contributed by atoms with Gasteiger partial charge in [0.1, 0.15) is 22.9 Å². The van der Waals surface area contributed by atoms with E-state index >= 15 is 0 Å². The van der Waals surface area contributed by atoms with Crippen molar-refractivity contribution >= 4 is 29.3 Å². The van der Waals surface area contributed by atoms with Gasteiger partial charge in [0.15, 0.2) is 0 Å². The van der Waals surface area contributed by atoms with Crippen molar-refractivity contribution in [2.75, 3.05) is 0 Å². The maximum atomic E-state index is 12.4. The van der Waals surface area contributed by atoms with Gasteiger partial charge in [0.05, 0.1) is 4.92 Å². The van der Waals surface area contributed by atoms with E-state index in [1.807, 2.05) is 5.32 Å². The summed E-state index contributed by atoms with van der Waals surface area (Å²) >= 11 is 0. The Morgan fingerprint density at radius 3 is 2.43 bits per heavy atom. The van der Waals surface area contributed by atoms with Gasteiger partial charge < -0.3 is 5.11 Å². The van der Waals surface area contributed by atoms with E-state index in [1.165, 1.54) is 0 Å². The lowest BCUT2D eigenvalue weighted by atomic mass is 10.0. The molecule has 1 aromatic carbocycles. The van der Waals surface area contributed by atoms with Gasteiger partial charge in [-0.05, 0) is 12.5 Å². The highest BCUT2D eigenvalue weighted by molar-refractivity contribution is 6.26. The monoisotopic (exact) mass is 319 g/mol. The maximum Gasteiger partial charge on any atom is 0.283 e. The molecule has 3 rings (SSSR count). The standard InChI is InChI=1S/C13H9N3O7/c17-7-3-1-5(16(22)23)9-10(7)13(21)15(12(9)20)6-2-4-8(18)14-11(6)19/h1,3,6,17H,2,4H2,(H,14,18,19). The van der Waals surface area contributed by atoms with Crippen LogP contribution in [0.25, 0.3) is 0 Å². The minimum absolute atomic E-state index is 0.0715. The Morgan fingerprint density at radius 2 is 1.83 bits per heavy atom. The van der Waals surface area contributed by atoms with Gasteiger partial charge in [-0.2, -0.15) is 0 Å². The van der Waals surface area contributed by atoms with Crippen molar-refractivity contribution in [1.29, 1.82) is 0 Å². The van der Waals surface area contributed by atoms with Crippen LogP contribution in [-0.4, -0.2) is 44.6 Å². The topological polar surface area (TPSA) is 147 Å². The fourth-order valence-corrected chi connectivity index (χ4v) is 2.71. The molecule has 0 aliphatic carbocycles. The second kappa shape index (κ2) is 4.87. The molecule has 1 saturated heterocycles. The molecule has 23 heavy (non-hydrogen) atoms. The van der Waals surface area contributed by atoms with Crippen molar-refractivity contribution in [1.82, 2.24) is 10.2 Å². The van der Waals surface area contributed by atoms with Crippen LogP contribution in [-0.2, 0) is 9.59 Å². The number of hydrogen-bond donors (Lipinski definition) is 2. The zero-order valence-corrected chi connectivity index (χ0v) is 11.4. The summed E-state index contributed by atoms with van der Waals surface area (Å²) in [5.41, 5.74) is -1.69. The number of nitrogens with one attached hydrogen (secondary N) is 1. The summed E-state index contributed by atoms with van der Waals surface area (Å²) in [6.07, 6.45) is -0.150. The Hall–Kier alpha value is -3.30. The van der Waals surface area contributed by atoms with Crippen molar-refractivity contribution < 1.29 is 29.2 Å². The van der Waals surface area contributed by atoms with Crippen LogP contribution in [0.5, 0.6) is 5.75 Å². The Kier molecular flexibility index (Phi) is 3.09. The number of rotatable bonds is 2. The van der Waals surface area contributed by atoms with Crippen LogP contribution < -0.4 is 5.32 Å². The number of phenolic OH excluding ortho intramolecular Hbond substituents is 1. The Morgan fingerprint density at radius 1 is 1.17 bits per heavy atom. The first kappa shape index (κ1) is 14.6. The number of hydrogen-bond acceptors (Lipinski definition) is 7. The van der Waals surface area contributed by atoms with Crippen LogP contribution in [0.15, 0.2) is 12.1 Å². The molecule has 0 radical (unpaired) electrons. The number of nitro groups is 1. The molecule has 1 fully saturated rings. The first-order chi connectivity index (χ1) is 10.8. The molecule has 4 amide bonds. The molecule has 10 heteroatoms. The lowest BCUT2D eigenvalue weighted by Crippen LogP contribution is -2.54. The van der Waals surface area contributed by atoms with Gasteiger partial charge >= 0.3 is 0 Å². The number of piperidine rings is 1. The molecule has 2 aliphatic heterocycles. The van der Waals surface area contributed by atoms with Gasteiger partial charge in [-0.3, -0.25) is 39.5 Å². The molecule has 0 bridgehead atoms. The van der Waals surface area contributed by atoms with E-state index in [4.69, 9.17) is 0 Å². The predicted molar refractivity (Wildman–Crippen MR) is 71.4 cm³/mol. The van der Waals surface area contributed by atoms with Crippen molar-refractivity contribution in [3.05, 3.63) is 33.4 Å². The SMILES string of the molecule is O=C1CCC(N2C(=O)c3c(O)ccc([N+](=O)[O-])c3C2=O)C(=O)N1. The molecule has 1 atom stereocenters. The third-order valence-corrected chi connectivity index (χ3v) is 3.75. The molecule has 0 saturated carbocycles. The van der Waals surface area contributed by atoms with E-state index in [1.54, 1.807) is 0 Å². The van der Waals surface area contributed by atoms with E-state index in [2.05, 4.69) is 0 Å². The summed E-state index contributed by atoms with van der Waals surface area (Å²) in [6, 6.07) is 0.600. The number of carbonyl (C=O) groups excluding carboxylic acids is 4. The fraction of sp³-hybridized carbons (Fsp3) is 0.231. The summed E-state index contributed by atoms with van der Waals surface area (Å²) < 4.78 is 0. The van der Waals surface area contributed by atoms with Crippen LogP contribution in [0.2, 0.25) is 0 Å². The highest BCUT2D eigenvalue weighted by atomic mass is 16.6. The number of fused-ring (bicyclic) bond motifs is 1. The molecule has 1 unspecified atom stereocenters. The molecule has 0 spiro atoms. The number of amides is 4. The third kappa shape index (κ3) is 2.03. The number of carbonyl (C=O) groups is 4. The third-order valence-electron chi connectivity index (χ3n) is 3.75. The van der Waals surface area contributed by atoms with Crippen LogP contribution in [0, 0.1) is 10.1 Å². The minimum Gasteiger partial charge on any atom is -0.507 e. The normalized spacial score (nSPS) is 20.5. The largest absolute Gasteiger partial charge is 0.507 e. The van der Waals surface area contributed by atoms with Crippen molar-refractivity contribution in [2.45, 2.75) is 18.9 Å². The molecule has 118 valence electrons. The summed E-state index contributed by atoms with van der Waals surface area (Å²) in [7, 11) is 0. The molecule has 0 aromatic heterocycles. The summed E-state index contributed by atoms with van der Waals surface area (Å²) in [5, 5.41) is 22.8. The second-order valence-corrected chi connectivity index (χ2v) is 5.06. The van der Waals surface area contributed by atoms with Crippen molar-refractivity contribution in [3.63, 3.8) is 0 Å². The average molecular weight is 319 g/mol. The van der Waals surface area contributed by atoms with Crippen LogP contribution in [0.4, 0.5) is 5.69 Å². The smallest absolute Gasteiger partial charge is 0.283 e. The number of aromatic hydroxyl groups is 1. The summed E-state index contributed by atoms with van der Waals surface area (Å²) in [4.78, 5) is 58.6. The van der Waals surface area contributed by atoms with Gasteiger partial charge in [-0.25, -0.2) is 0 Å². The van der Waals surface area contributed by atoms with Gasteiger partial charge in [0, 0.05) is 12.5 Å². The van der Waals surface area contributed by atoms with Gasteiger partial charge in [-0.15, -0.1) is 0 Å². The summed E-state index contributed by atoms with van der Waals surface area (Å²) in [5.74, 6) is -3.99. The van der Waals surface area contributed by atoms with Crippen LogP contribution >= 0.6 is 0 Å². The molecule has 2 heterocycles. The first-order valence-electron chi connectivity index (χ1n) is 6.55. The van der Waals surface area contributed by atoms with Crippen LogP contribution in [0.1, 0.15) is 33.6 Å². The van der Waals surface area contributed by atoms with E-state index in [0.29, 0.717) is 4.90 Å². The van der Waals surface area contributed by atoms with E-state index < -0.39 is 57.2 Å². The van der Waals surface area contributed by atoms with E-state index in [9.17, 15) is 34.4 Å². The molecule has 2 aliphatic rings. The molecular weight excluding hydrogens is 310 g/mol. The Labute approximate surface area is 127 Å². The maximum absolute atomic E-state index is 12.4. The number of nitro benzene ring substituents is 1. The van der Waals surface area contributed by atoms with E-state index in [0.717, 1.165) is 12.1 Å². The van der Waals surface area contributed by atoms with E-state index in [-0.39, 0.29) is 12.8 Å². The average Bonchev–Trinajstić information content (AvgIpc) is 2.73.